The number of aromatic nitrogens is 1. The van der Waals surface area contributed by atoms with Crippen LogP contribution in [-0.2, 0) is 13.0 Å². The van der Waals surface area contributed by atoms with Crippen molar-refractivity contribution in [1.82, 2.24) is 15.2 Å². The molecule has 0 bridgehead atoms. The van der Waals surface area contributed by atoms with E-state index in [0.717, 1.165) is 17.0 Å². The number of aryl methyl sites for hydroxylation is 1. The van der Waals surface area contributed by atoms with Crippen molar-refractivity contribution < 1.29 is 14.0 Å². The van der Waals surface area contributed by atoms with Gasteiger partial charge >= 0.3 is 6.03 Å². The van der Waals surface area contributed by atoms with Crippen molar-refractivity contribution in [3.63, 3.8) is 0 Å². The number of anilines is 1. The maximum Gasteiger partial charge on any atom is 0.323 e. The second kappa shape index (κ2) is 5.94. The molecule has 0 fully saturated rings. The molecule has 1 aliphatic heterocycles. The summed E-state index contributed by atoms with van der Waals surface area (Å²) in [5.41, 5.74) is 1.40. The zero-order valence-corrected chi connectivity index (χ0v) is 14.9. The molecular formula is C16H20N4O3S. The molecule has 0 spiro atoms. The van der Waals surface area contributed by atoms with E-state index in [1.807, 2.05) is 26.8 Å². The molecule has 0 atom stereocenters. The van der Waals surface area contributed by atoms with Crippen LogP contribution in [0.5, 0.6) is 0 Å². The fourth-order valence-electron chi connectivity index (χ4n) is 2.57. The van der Waals surface area contributed by atoms with Crippen molar-refractivity contribution in [3.8, 4) is 0 Å². The number of thiazole rings is 1. The van der Waals surface area contributed by atoms with Crippen molar-refractivity contribution in [2.24, 2.45) is 0 Å². The number of amides is 3. The molecule has 0 saturated carbocycles. The molecule has 2 aromatic rings. The lowest BCUT2D eigenvalue weighted by Gasteiger charge is -2.29. The molecule has 0 aliphatic carbocycles. The number of hydrogen-bond acceptors (Lipinski definition) is 5. The van der Waals surface area contributed by atoms with Crippen LogP contribution in [0.15, 0.2) is 16.7 Å². The monoisotopic (exact) mass is 348 g/mol. The number of carbonyl (C=O) groups is 2. The fourth-order valence-corrected chi connectivity index (χ4v) is 3.44. The van der Waals surface area contributed by atoms with E-state index in [9.17, 15) is 9.59 Å². The highest BCUT2D eigenvalue weighted by Crippen LogP contribution is 2.30. The van der Waals surface area contributed by atoms with Gasteiger partial charge in [0.15, 0.2) is 5.13 Å². The third-order valence-electron chi connectivity index (χ3n) is 3.87. The Hall–Kier alpha value is -2.35. The molecule has 8 heteroatoms. The first-order valence-electron chi connectivity index (χ1n) is 7.62. The van der Waals surface area contributed by atoms with Crippen LogP contribution in [0.1, 0.15) is 40.5 Å². The smallest absolute Gasteiger partial charge is 0.323 e. The van der Waals surface area contributed by atoms with Gasteiger partial charge in [-0.3, -0.25) is 10.1 Å². The quantitative estimate of drug-likeness (QED) is 0.893. The van der Waals surface area contributed by atoms with Gasteiger partial charge in [-0.05, 0) is 32.4 Å². The average molecular weight is 348 g/mol. The summed E-state index contributed by atoms with van der Waals surface area (Å²) in [4.78, 5) is 30.9. The molecular weight excluding hydrogens is 328 g/mol. The van der Waals surface area contributed by atoms with Gasteiger partial charge in [-0.15, -0.1) is 0 Å². The Morgan fingerprint density at radius 1 is 1.54 bits per heavy atom. The summed E-state index contributed by atoms with van der Waals surface area (Å²) in [7, 11) is 1.68. The Bertz CT molecular complexity index is 793. The maximum atomic E-state index is 12.3. The van der Waals surface area contributed by atoms with Gasteiger partial charge < -0.3 is 14.6 Å². The molecule has 0 aromatic carbocycles. The minimum atomic E-state index is -0.326. The molecule has 128 valence electrons. The lowest BCUT2D eigenvalue weighted by atomic mass is 9.94. The van der Waals surface area contributed by atoms with Crippen LogP contribution in [-0.4, -0.2) is 34.4 Å². The van der Waals surface area contributed by atoms with E-state index in [0.29, 0.717) is 23.0 Å². The van der Waals surface area contributed by atoms with Crippen LogP contribution < -0.4 is 10.6 Å². The van der Waals surface area contributed by atoms with Crippen molar-refractivity contribution in [2.45, 2.75) is 39.3 Å². The van der Waals surface area contributed by atoms with Crippen molar-refractivity contribution in [1.29, 1.82) is 0 Å². The van der Waals surface area contributed by atoms with Crippen molar-refractivity contribution in [2.75, 3.05) is 12.4 Å². The second-order valence-electron chi connectivity index (χ2n) is 6.62. The number of carbonyl (C=O) groups excluding carboxylic acids is 2. The highest BCUT2D eigenvalue weighted by molar-refractivity contribution is 7.17. The Morgan fingerprint density at radius 3 is 2.96 bits per heavy atom. The predicted octanol–water partition coefficient (Wildman–Crippen LogP) is 2.77. The Morgan fingerprint density at radius 2 is 2.29 bits per heavy atom. The molecule has 3 amide bonds. The van der Waals surface area contributed by atoms with E-state index in [1.165, 1.54) is 16.2 Å². The summed E-state index contributed by atoms with van der Waals surface area (Å²) < 4.78 is 5.35. The normalized spacial score (nSPS) is 15.6. The first-order valence-corrected chi connectivity index (χ1v) is 8.44. The fraction of sp³-hybridized carbons (Fsp3) is 0.438. The van der Waals surface area contributed by atoms with E-state index in [-0.39, 0.29) is 17.5 Å². The van der Waals surface area contributed by atoms with Gasteiger partial charge in [0.2, 0.25) is 0 Å². The van der Waals surface area contributed by atoms with Crippen LogP contribution in [0.2, 0.25) is 0 Å². The summed E-state index contributed by atoms with van der Waals surface area (Å²) in [6, 6.07) is 1.56. The number of urea groups is 1. The van der Waals surface area contributed by atoms with Crippen LogP contribution in [0.25, 0.3) is 0 Å². The number of nitrogens with one attached hydrogen (secondary N) is 2. The van der Waals surface area contributed by atoms with Crippen LogP contribution >= 0.6 is 11.3 Å². The minimum Gasteiger partial charge on any atom is -0.467 e. The lowest BCUT2D eigenvalue weighted by Crippen LogP contribution is -2.48. The molecule has 0 unspecified atom stereocenters. The van der Waals surface area contributed by atoms with E-state index < -0.39 is 0 Å². The zero-order valence-electron chi connectivity index (χ0n) is 14.1. The van der Waals surface area contributed by atoms with E-state index >= 15 is 0 Å². The Balaban J connectivity index is 1.69. The molecule has 0 radical (unpaired) electrons. The third-order valence-corrected chi connectivity index (χ3v) is 4.89. The highest BCUT2D eigenvalue weighted by atomic mass is 32.1. The highest BCUT2D eigenvalue weighted by Gasteiger charge is 2.33. The predicted molar refractivity (Wildman–Crippen MR) is 91.3 cm³/mol. The van der Waals surface area contributed by atoms with Crippen LogP contribution in [0.4, 0.5) is 9.93 Å². The number of rotatable bonds is 3. The molecule has 3 heterocycles. The summed E-state index contributed by atoms with van der Waals surface area (Å²) in [6.45, 7) is 6.19. The van der Waals surface area contributed by atoms with Gasteiger partial charge in [-0.1, -0.05) is 11.3 Å². The maximum absolute atomic E-state index is 12.3. The van der Waals surface area contributed by atoms with Gasteiger partial charge in [0.1, 0.15) is 10.6 Å². The Labute approximate surface area is 144 Å². The first-order chi connectivity index (χ1) is 11.2. The van der Waals surface area contributed by atoms with Gasteiger partial charge in [0, 0.05) is 19.0 Å². The molecule has 0 saturated heterocycles. The number of fused-ring (bicyclic) bond motifs is 1. The van der Waals surface area contributed by atoms with Crippen molar-refractivity contribution >= 4 is 28.4 Å². The number of furan rings is 1. The summed E-state index contributed by atoms with van der Waals surface area (Å²) in [5.74, 6) is 0.603. The van der Waals surface area contributed by atoms with Gasteiger partial charge in [0.25, 0.3) is 5.91 Å². The largest absolute Gasteiger partial charge is 0.467 e. The number of nitrogens with zero attached hydrogens (tertiary/aromatic N) is 2. The summed E-state index contributed by atoms with van der Waals surface area (Å²) in [6.07, 6.45) is 2.24. The molecule has 1 aliphatic rings. The Kier molecular flexibility index (Phi) is 4.08. The third kappa shape index (κ3) is 3.28. The van der Waals surface area contributed by atoms with E-state index in [2.05, 4.69) is 15.6 Å². The van der Waals surface area contributed by atoms with Crippen LogP contribution in [0.3, 0.4) is 0 Å². The molecule has 2 N–H and O–H groups in total. The van der Waals surface area contributed by atoms with E-state index in [1.54, 1.807) is 13.3 Å². The second-order valence-corrected chi connectivity index (χ2v) is 7.62. The zero-order chi connectivity index (χ0) is 17.5. The summed E-state index contributed by atoms with van der Waals surface area (Å²) >= 11 is 1.20. The molecule has 2 aromatic heterocycles. The lowest BCUT2D eigenvalue weighted by molar-refractivity contribution is 0.0901. The molecule has 7 nitrogen and oxygen atoms in total. The minimum absolute atomic E-state index is 0.140. The first kappa shape index (κ1) is 16.5. The number of hydrogen-bond donors (Lipinski definition) is 2. The molecule has 3 rings (SSSR count). The van der Waals surface area contributed by atoms with E-state index in [4.69, 9.17) is 4.42 Å². The van der Waals surface area contributed by atoms with Gasteiger partial charge in [-0.2, -0.15) is 0 Å². The molecule has 24 heavy (non-hydrogen) atoms. The van der Waals surface area contributed by atoms with Gasteiger partial charge in [0.05, 0.1) is 18.5 Å². The SMILES string of the molecule is Cc1ccoc1CN(C)C(=O)Nc1nc2c(s1)C(=O)NC(C)(C)C2. The topological polar surface area (TPSA) is 87.5 Å². The summed E-state index contributed by atoms with van der Waals surface area (Å²) in [5, 5.41) is 6.12. The standard InChI is InChI=1S/C16H20N4O3S/c1-9-5-6-23-11(9)8-20(4)15(22)18-14-17-10-7-16(2,3)19-13(21)12(10)24-14/h5-6H,7-8H2,1-4H3,(H,19,21)(H,17,18,22). The average Bonchev–Trinajstić information content (AvgIpc) is 3.04. The van der Waals surface area contributed by atoms with Crippen molar-refractivity contribution in [3.05, 3.63) is 34.2 Å². The van der Waals surface area contributed by atoms with Crippen LogP contribution in [0, 0.1) is 6.92 Å². The van der Waals surface area contributed by atoms with Gasteiger partial charge in [-0.25, -0.2) is 9.78 Å².